The van der Waals surface area contributed by atoms with Crippen LogP contribution in [0, 0.1) is 5.82 Å². The first-order valence-corrected chi connectivity index (χ1v) is 5.84. The number of aliphatic hydroxyl groups is 1. The fraction of sp³-hybridized carbons (Fsp3) is 0.167. The second-order valence-corrected chi connectivity index (χ2v) is 4.38. The zero-order chi connectivity index (χ0) is 11.4. The standard InChI is InChI=1S/C12H12FNOS/c13-9-3-1-4-10(7-9)14-11(8-15)12-5-2-6-16-12/h1-7,11,14-15H,8H2. The Bertz CT molecular complexity index is 444. The number of nitrogens with one attached hydrogen (secondary N) is 1. The van der Waals surface area contributed by atoms with Gasteiger partial charge in [-0.3, -0.25) is 0 Å². The normalized spacial score (nSPS) is 12.4. The molecule has 1 aromatic carbocycles. The molecule has 0 saturated heterocycles. The summed E-state index contributed by atoms with van der Waals surface area (Å²) >= 11 is 1.56. The van der Waals surface area contributed by atoms with E-state index in [9.17, 15) is 9.50 Å². The van der Waals surface area contributed by atoms with E-state index in [0.29, 0.717) is 5.69 Å². The minimum absolute atomic E-state index is 0.0168. The molecule has 0 spiro atoms. The summed E-state index contributed by atoms with van der Waals surface area (Å²) in [6, 6.07) is 9.91. The van der Waals surface area contributed by atoms with E-state index in [1.54, 1.807) is 23.5 Å². The van der Waals surface area contributed by atoms with Crippen molar-refractivity contribution >= 4 is 17.0 Å². The summed E-state index contributed by atoms with van der Waals surface area (Å²) in [6.07, 6.45) is 0. The number of rotatable bonds is 4. The third-order valence-electron chi connectivity index (χ3n) is 2.23. The predicted octanol–water partition coefficient (Wildman–Crippen LogP) is 3.03. The molecule has 0 bridgehead atoms. The lowest BCUT2D eigenvalue weighted by Gasteiger charge is -2.16. The van der Waals surface area contributed by atoms with Crippen LogP contribution in [0.4, 0.5) is 10.1 Å². The molecule has 1 aromatic heterocycles. The van der Waals surface area contributed by atoms with Crippen molar-refractivity contribution < 1.29 is 9.50 Å². The maximum absolute atomic E-state index is 13.0. The first kappa shape index (κ1) is 11.1. The van der Waals surface area contributed by atoms with Crippen molar-refractivity contribution in [3.63, 3.8) is 0 Å². The number of hydrogen-bond acceptors (Lipinski definition) is 3. The van der Waals surface area contributed by atoms with Gasteiger partial charge in [0.25, 0.3) is 0 Å². The summed E-state index contributed by atoms with van der Waals surface area (Å²) in [5.41, 5.74) is 0.674. The van der Waals surface area contributed by atoms with Crippen molar-refractivity contribution in [2.24, 2.45) is 0 Å². The Balaban J connectivity index is 2.13. The van der Waals surface area contributed by atoms with Crippen LogP contribution in [0.5, 0.6) is 0 Å². The molecule has 0 aliphatic rings. The predicted molar refractivity (Wildman–Crippen MR) is 64.2 cm³/mol. The van der Waals surface area contributed by atoms with Crippen LogP contribution >= 0.6 is 11.3 Å². The van der Waals surface area contributed by atoms with Crippen molar-refractivity contribution in [1.29, 1.82) is 0 Å². The summed E-state index contributed by atoms with van der Waals surface area (Å²) in [5.74, 6) is -0.284. The molecule has 1 unspecified atom stereocenters. The number of halogens is 1. The van der Waals surface area contributed by atoms with E-state index in [1.807, 2.05) is 17.5 Å². The van der Waals surface area contributed by atoms with Gasteiger partial charge in [-0.2, -0.15) is 0 Å². The first-order valence-electron chi connectivity index (χ1n) is 4.96. The van der Waals surface area contributed by atoms with Gasteiger partial charge in [-0.1, -0.05) is 12.1 Å². The first-order chi connectivity index (χ1) is 7.79. The lowest BCUT2D eigenvalue weighted by molar-refractivity contribution is 0.277. The molecule has 0 aliphatic carbocycles. The lowest BCUT2D eigenvalue weighted by Crippen LogP contribution is -2.13. The molecule has 84 valence electrons. The zero-order valence-corrected chi connectivity index (χ0v) is 9.38. The number of benzene rings is 1. The highest BCUT2D eigenvalue weighted by Crippen LogP contribution is 2.23. The minimum atomic E-state index is -0.284. The molecule has 0 aliphatic heterocycles. The van der Waals surface area contributed by atoms with Crippen LogP contribution in [0.1, 0.15) is 10.9 Å². The number of anilines is 1. The van der Waals surface area contributed by atoms with Crippen molar-refractivity contribution in [2.75, 3.05) is 11.9 Å². The van der Waals surface area contributed by atoms with Crippen LogP contribution in [-0.2, 0) is 0 Å². The second-order valence-electron chi connectivity index (χ2n) is 3.41. The highest BCUT2D eigenvalue weighted by molar-refractivity contribution is 7.10. The monoisotopic (exact) mass is 237 g/mol. The molecule has 0 radical (unpaired) electrons. The minimum Gasteiger partial charge on any atom is -0.394 e. The highest BCUT2D eigenvalue weighted by atomic mass is 32.1. The number of hydrogen-bond donors (Lipinski definition) is 2. The molecule has 0 fully saturated rings. The molecular formula is C12H12FNOS. The zero-order valence-electron chi connectivity index (χ0n) is 8.56. The maximum atomic E-state index is 13.0. The SMILES string of the molecule is OCC(Nc1cccc(F)c1)c1cccs1. The Labute approximate surface area is 97.4 Å². The summed E-state index contributed by atoms with van der Waals surface area (Å²) in [4.78, 5) is 1.03. The molecule has 2 nitrogen and oxygen atoms in total. The molecule has 1 atom stereocenters. The van der Waals surface area contributed by atoms with Crippen LogP contribution < -0.4 is 5.32 Å². The van der Waals surface area contributed by atoms with Gasteiger partial charge >= 0.3 is 0 Å². The Morgan fingerprint density at radius 1 is 1.31 bits per heavy atom. The Morgan fingerprint density at radius 2 is 2.19 bits per heavy atom. The van der Waals surface area contributed by atoms with Gasteiger partial charge in [-0.05, 0) is 29.6 Å². The van der Waals surface area contributed by atoms with Gasteiger partial charge in [0.05, 0.1) is 12.6 Å². The molecule has 0 saturated carbocycles. The van der Waals surface area contributed by atoms with E-state index in [-0.39, 0.29) is 18.5 Å². The third-order valence-corrected chi connectivity index (χ3v) is 3.22. The van der Waals surface area contributed by atoms with Crippen LogP contribution in [-0.4, -0.2) is 11.7 Å². The summed E-state index contributed by atoms with van der Waals surface area (Å²) in [6.45, 7) is -0.0168. The van der Waals surface area contributed by atoms with E-state index in [4.69, 9.17) is 0 Å². The second kappa shape index (κ2) is 5.09. The topological polar surface area (TPSA) is 32.3 Å². The maximum Gasteiger partial charge on any atom is 0.125 e. The van der Waals surface area contributed by atoms with Crippen LogP contribution in [0.2, 0.25) is 0 Å². The lowest BCUT2D eigenvalue weighted by atomic mass is 10.2. The van der Waals surface area contributed by atoms with Gasteiger partial charge in [0, 0.05) is 10.6 Å². The fourth-order valence-corrected chi connectivity index (χ4v) is 2.24. The van der Waals surface area contributed by atoms with E-state index in [0.717, 1.165) is 4.88 Å². The molecular weight excluding hydrogens is 225 g/mol. The number of aliphatic hydroxyl groups excluding tert-OH is 1. The molecule has 2 rings (SSSR count). The molecule has 0 amide bonds. The van der Waals surface area contributed by atoms with Gasteiger partial charge in [0.2, 0.25) is 0 Å². The van der Waals surface area contributed by atoms with Gasteiger partial charge in [0.15, 0.2) is 0 Å². The van der Waals surface area contributed by atoms with Crippen molar-refractivity contribution in [2.45, 2.75) is 6.04 Å². The van der Waals surface area contributed by atoms with Crippen molar-refractivity contribution in [3.05, 3.63) is 52.5 Å². The van der Waals surface area contributed by atoms with Crippen molar-refractivity contribution in [1.82, 2.24) is 0 Å². The molecule has 2 N–H and O–H groups in total. The molecule has 4 heteroatoms. The van der Waals surface area contributed by atoms with Gasteiger partial charge < -0.3 is 10.4 Å². The third kappa shape index (κ3) is 2.59. The summed E-state index contributed by atoms with van der Waals surface area (Å²) in [7, 11) is 0. The van der Waals surface area contributed by atoms with E-state index >= 15 is 0 Å². The highest BCUT2D eigenvalue weighted by Gasteiger charge is 2.10. The fourth-order valence-electron chi connectivity index (χ4n) is 1.48. The van der Waals surface area contributed by atoms with Crippen LogP contribution in [0.25, 0.3) is 0 Å². The van der Waals surface area contributed by atoms with Gasteiger partial charge in [-0.15, -0.1) is 11.3 Å². The van der Waals surface area contributed by atoms with Gasteiger partial charge in [0.1, 0.15) is 5.82 Å². The van der Waals surface area contributed by atoms with E-state index < -0.39 is 0 Å². The quantitative estimate of drug-likeness (QED) is 0.856. The van der Waals surface area contributed by atoms with Gasteiger partial charge in [-0.25, -0.2) is 4.39 Å². The van der Waals surface area contributed by atoms with Crippen LogP contribution in [0.15, 0.2) is 41.8 Å². The molecule has 2 aromatic rings. The number of thiophene rings is 1. The summed E-state index contributed by atoms with van der Waals surface area (Å²) < 4.78 is 13.0. The van der Waals surface area contributed by atoms with Crippen molar-refractivity contribution in [3.8, 4) is 0 Å². The molecule has 16 heavy (non-hydrogen) atoms. The Hall–Kier alpha value is -1.39. The summed E-state index contributed by atoms with van der Waals surface area (Å²) in [5, 5.41) is 14.3. The smallest absolute Gasteiger partial charge is 0.125 e. The average Bonchev–Trinajstić information content (AvgIpc) is 2.79. The largest absolute Gasteiger partial charge is 0.394 e. The Morgan fingerprint density at radius 3 is 2.81 bits per heavy atom. The average molecular weight is 237 g/mol. The van der Waals surface area contributed by atoms with E-state index in [1.165, 1.54) is 12.1 Å². The van der Waals surface area contributed by atoms with E-state index in [2.05, 4.69) is 5.32 Å². The Kier molecular flexibility index (Phi) is 3.54. The molecule has 1 heterocycles. The van der Waals surface area contributed by atoms with Crippen LogP contribution in [0.3, 0.4) is 0 Å².